The molecule has 110 valence electrons. The van der Waals surface area contributed by atoms with Crippen molar-refractivity contribution in [2.75, 3.05) is 6.54 Å². The minimum atomic E-state index is -4.82. The number of aliphatic carboxylic acids is 1. The Balaban J connectivity index is 2.60. The van der Waals surface area contributed by atoms with Crippen molar-refractivity contribution in [3.05, 3.63) is 29.8 Å². The molecule has 1 aromatic carbocycles. The summed E-state index contributed by atoms with van der Waals surface area (Å²) in [6.07, 6.45) is -6.58. The molecule has 3 N–H and O–H groups in total. The van der Waals surface area contributed by atoms with Crippen LogP contribution in [0.15, 0.2) is 24.3 Å². The Morgan fingerprint density at radius 3 is 2.25 bits per heavy atom. The summed E-state index contributed by atoms with van der Waals surface area (Å²) in [7, 11) is 0. The summed E-state index contributed by atoms with van der Waals surface area (Å²) in [4.78, 5) is 21.8. The molecule has 6 nitrogen and oxygen atoms in total. The van der Waals surface area contributed by atoms with Crippen LogP contribution in [0, 0.1) is 0 Å². The summed E-state index contributed by atoms with van der Waals surface area (Å²) < 4.78 is 39.3. The van der Waals surface area contributed by atoms with Crippen LogP contribution < -0.4 is 10.1 Å². The predicted molar refractivity (Wildman–Crippen MR) is 59.1 cm³/mol. The van der Waals surface area contributed by atoms with Gasteiger partial charge in [0.05, 0.1) is 6.54 Å². The molecule has 0 spiro atoms. The van der Waals surface area contributed by atoms with Crippen molar-refractivity contribution in [2.45, 2.75) is 12.5 Å². The fourth-order valence-electron chi connectivity index (χ4n) is 1.19. The Morgan fingerprint density at radius 1 is 1.25 bits per heavy atom. The smallest absolute Gasteiger partial charge is 0.479 e. The van der Waals surface area contributed by atoms with E-state index in [1.54, 1.807) is 0 Å². The highest BCUT2D eigenvalue weighted by Crippen LogP contribution is 2.22. The Bertz CT molecular complexity index is 486. The minimum absolute atomic E-state index is 0.00267. The maximum Gasteiger partial charge on any atom is 0.573 e. The number of carbonyl (C=O) groups is 2. The molecule has 0 aliphatic heterocycles. The average molecular weight is 293 g/mol. The zero-order valence-corrected chi connectivity index (χ0v) is 9.85. The summed E-state index contributed by atoms with van der Waals surface area (Å²) in [6.45, 7) is -0.519. The van der Waals surface area contributed by atoms with Crippen LogP contribution in [-0.4, -0.2) is 41.1 Å². The minimum Gasteiger partial charge on any atom is -0.479 e. The number of rotatable bonds is 5. The van der Waals surface area contributed by atoms with E-state index in [-0.39, 0.29) is 5.56 Å². The number of amides is 1. The van der Waals surface area contributed by atoms with E-state index in [1.807, 2.05) is 0 Å². The van der Waals surface area contributed by atoms with Gasteiger partial charge in [0.1, 0.15) is 5.75 Å². The van der Waals surface area contributed by atoms with Gasteiger partial charge in [0.25, 0.3) is 5.91 Å². The molecule has 0 saturated carbocycles. The summed E-state index contributed by atoms with van der Waals surface area (Å²) >= 11 is 0. The standard InChI is InChI=1S/C11H10F3NO5/c12-11(13,14)20-7-3-1-6(2-4-7)9(17)15-5-8(16)10(18)19/h1-4,8,16H,5H2,(H,15,17)(H,18,19)/t8-/m0/s1. The molecule has 20 heavy (non-hydrogen) atoms. The first kappa shape index (κ1) is 15.8. The van der Waals surface area contributed by atoms with Gasteiger partial charge in [-0.1, -0.05) is 0 Å². The lowest BCUT2D eigenvalue weighted by atomic mass is 10.2. The maximum absolute atomic E-state index is 11.9. The molecule has 0 saturated heterocycles. The Kier molecular flexibility index (Phi) is 4.92. The van der Waals surface area contributed by atoms with Crippen molar-refractivity contribution < 1.29 is 37.7 Å². The lowest BCUT2D eigenvalue weighted by Gasteiger charge is -2.10. The number of halogens is 3. The van der Waals surface area contributed by atoms with E-state index in [1.165, 1.54) is 0 Å². The molecule has 0 aliphatic carbocycles. The van der Waals surface area contributed by atoms with Crippen LogP contribution in [0.5, 0.6) is 5.75 Å². The van der Waals surface area contributed by atoms with Crippen molar-refractivity contribution in [1.82, 2.24) is 5.32 Å². The van der Waals surface area contributed by atoms with E-state index in [2.05, 4.69) is 10.1 Å². The zero-order chi connectivity index (χ0) is 15.3. The van der Waals surface area contributed by atoms with Gasteiger partial charge in [0, 0.05) is 5.56 Å². The van der Waals surface area contributed by atoms with E-state index in [0.29, 0.717) is 0 Å². The van der Waals surface area contributed by atoms with Gasteiger partial charge in [-0.05, 0) is 24.3 Å². The lowest BCUT2D eigenvalue weighted by Crippen LogP contribution is -2.36. The number of alkyl halides is 3. The second-order valence-electron chi connectivity index (χ2n) is 3.64. The van der Waals surface area contributed by atoms with Gasteiger partial charge in [0.15, 0.2) is 6.10 Å². The first-order valence-electron chi connectivity index (χ1n) is 5.24. The predicted octanol–water partition coefficient (Wildman–Crippen LogP) is 0.760. The van der Waals surface area contributed by atoms with E-state index in [0.717, 1.165) is 24.3 Å². The average Bonchev–Trinajstić information content (AvgIpc) is 2.34. The van der Waals surface area contributed by atoms with Crippen molar-refractivity contribution in [2.24, 2.45) is 0 Å². The largest absolute Gasteiger partial charge is 0.573 e. The molecule has 0 unspecified atom stereocenters. The van der Waals surface area contributed by atoms with Crippen molar-refractivity contribution in [3.8, 4) is 5.75 Å². The molecule has 0 radical (unpaired) electrons. The highest BCUT2D eigenvalue weighted by molar-refractivity contribution is 5.94. The number of hydrogen-bond acceptors (Lipinski definition) is 4. The van der Waals surface area contributed by atoms with Gasteiger partial charge in [0.2, 0.25) is 0 Å². The number of nitrogens with one attached hydrogen (secondary N) is 1. The number of aliphatic hydroxyl groups excluding tert-OH is 1. The number of aliphatic hydroxyl groups is 1. The summed E-state index contributed by atoms with van der Waals surface area (Å²) in [6, 6.07) is 4.03. The molecule has 0 bridgehead atoms. The Hall–Kier alpha value is -2.29. The number of carbonyl (C=O) groups excluding carboxylic acids is 1. The number of benzene rings is 1. The molecule has 9 heteroatoms. The van der Waals surface area contributed by atoms with Gasteiger partial charge in [-0.3, -0.25) is 4.79 Å². The first-order valence-corrected chi connectivity index (χ1v) is 5.24. The molecular weight excluding hydrogens is 283 g/mol. The van der Waals surface area contributed by atoms with E-state index in [9.17, 15) is 22.8 Å². The normalized spacial score (nSPS) is 12.6. The fraction of sp³-hybridized carbons (Fsp3) is 0.273. The van der Waals surface area contributed by atoms with Crippen molar-refractivity contribution in [1.29, 1.82) is 0 Å². The summed E-state index contributed by atoms with van der Waals surface area (Å²) in [5.74, 6) is -2.72. The van der Waals surface area contributed by atoms with Crippen LogP contribution in [0.4, 0.5) is 13.2 Å². The first-order chi connectivity index (χ1) is 9.19. The van der Waals surface area contributed by atoms with Gasteiger partial charge in [-0.25, -0.2) is 4.79 Å². The third kappa shape index (κ3) is 5.14. The molecule has 0 heterocycles. The number of carboxylic acids is 1. The number of carboxylic acid groups (broad SMARTS) is 1. The molecular formula is C11H10F3NO5. The van der Waals surface area contributed by atoms with Crippen molar-refractivity contribution in [3.63, 3.8) is 0 Å². The molecule has 1 aromatic rings. The van der Waals surface area contributed by atoms with Crippen LogP contribution in [0.1, 0.15) is 10.4 Å². The Labute approximate surface area is 110 Å². The van der Waals surface area contributed by atoms with Gasteiger partial charge >= 0.3 is 12.3 Å². The van der Waals surface area contributed by atoms with Crippen LogP contribution >= 0.6 is 0 Å². The van der Waals surface area contributed by atoms with Gasteiger partial charge in [-0.2, -0.15) is 0 Å². The lowest BCUT2D eigenvalue weighted by molar-refractivity contribution is -0.274. The zero-order valence-electron chi connectivity index (χ0n) is 9.85. The molecule has 0 aromatic heterocycles. The van der Waals surface area contributed by atoms with Crippen LogP contribution in [-0.2, 0) is 4.79 Å². The molecule has 1 rings (SSSR count). The molecule has 1 amide bonds. The monoisotopic (exact) mass is 293 g/mol. The molecule has 1 atom stereocenters. The third-order valence-electron chi connectivity index (χ3n) is 2.09. The molecule has 0 fully saturated rings. The van der Waals surface area contributed by atoms with Gasteiger partial charge < -0.3 is 20.3 Å². The van der Waals surface area contributed by atoms with E-state index >= 15 is 0 Å². The summed E-state index contributed by atoms with van der Waals surface area (Å²) in [5, 5.41) is 19.4. The highest BCUT2D eigenvalue weighted by atomic mass is 19.4. The van der Waals surface area contributed by atoms with Gasteiger partial charge in [-0.15, -0.1) is 13.2 Å². The van der Waals surface area contributed by atoms with Crippen LogP contribution in [0.3, 0.4) is 0 Å². The highest BCUT2D eigenvalue weighted by Gasteiger charge is 2.31. The van der Waals surface area contributed by atoms with Crippen LogP contribution in [0.25, 0.3) is 0 Å². The second-order valence-corrected chi connectivity index (χ2v) is 3.64. The SMILES string of the molecule is O=C(NC[C@H](O)C(=O)O)c1ccc(OC(F)(F)F)cc1. The quantitative estimate of drug-likeness (QED) is 0.745. The third-order valence-corrected chi connectivity index (χ3v) is 2.09. The fourth-order valence-corrected chi connectivity index (χ4v) is 1.19. The number of hydrogen-bond donors (Lipinski definition) is 3. The Morgan fingerprint density at radius 2 is 1.80 bits per heavy atom. The number of ether oxygens (including phenoxy) is 1. The van der Waals surface area contributed by atoms with E-state index in [4.69, 9.17) is 10.2 Å². The van der Waals surface area contributed by atoms with Crippen LogP contribution in [0.2, 0.25) is 0 Å². The molecule has 0 aliphatic rings. The second kappa shape index (κ2) is 6.24. The maximum atomic E-state index is 11.9. The topological polar surface area (TPSA) is 95.9 Å². The summed E-state index contributed by atoms with van der Waals surface area (Å²) in [5.41, 5.74) is -0.00267. The van der Waals surface area contributed by atoms with Crippen molar-refractivity contribution >= 4 is 11.9 Å². The van der Waals surface area contributed by atoms with E-state index < -0.39 is 36.6 Å².